The number of para-hydroxylation sites is 1. The third-order valence-corrected chi connectivity index (χ3v) is 6.47. The van der Waals surface area contributed by atoms with Gasteiger partial charge in [0.1, 0.15) is 6.04 Å². The molecule has 1 atom stereocenters. The molecular formula is C21H26N2O5S2. The van der Waals surface area contributed by atoms with Gasteiger partial charge in [-0.05, 0) is 55.5 Å². The Balaban J connectivity index is 2.02. The third-order valence-electron chi connectivity index (χ3n) is 4.34. The summed E-state index contributed by atoms with van der Waals surface area (Å²) in [6, 6.07) is 12.3. The van der Waals surface area contributed by atoms with Gasteiger partial charge in [-0.15, -0.1) is 0 Å². The molecule has 162 valence electrons. The highest BCUT2D eigenvalue weighted by molar-refractivity contribution is 7.98. The number of sulfonamides is 1. The molecule has 30 heavy (non-hydrogen) atoms. The van der Waals surface area contributed by atoms with Crippen molar-refractivity contribution < 1.29 is 22.7 Å². The highest BCUT2D eigenvalue weighted by Crippen LogP contribution is 2.19. The molecule has 0 saturated carbocycles. The van der Waals surface area contributed by atoms with Crippen LogP contribution in [0.1, 0.15) is 17.5 Å². The standard InChI is InChI=1S/C21H26N2O5S2/c1-15-8-7-9-16(2)20(15)22-19(24)14-28-21(25)18(12-13-29-3)23-30(26,27)17-10-5-4-6-11-17/h4-11,18,23H,12-14H2,1-3H3,(H,22,24)/t18-/m1/s1. The van der Waals surface area contributed by atoms with Gasteiger partial charge in [0.05, 0.1) is 4.90 Å². The molecule has 0 fully saturated rings. The van der Waals surface area contributed by atoms with Crippen LogP contribution >= 0.6 is 11.8 Å². The zero-order valence-corrected chi connectivity index (χ0v) is 18.8. The van der Waals surface area contributed by atoms with Gasteiger partial charge in [-0.25, -0.2) is 8.42 Å². The van der Waals surface area contributed by atoms with Gasteiger partial charge in [-0.1, -0.05) is 36.4 Å². The zero-order chi connectivity index (χ0) is 22.1. The van der Waals surface area contributed by atoms with E-state index >= 15 is 0 Å². The Bertz CT molecular complexity index is 958. The molecule has 2 aromatic rings. The topological polar surface area (TPSA) is 102 Å². The van der Waals surface area contributed by atoms with Crippen molar-refractivity contribution in [3.8, 4) is 0 Å². The summed E-state index contributed by atoms with van der Waals surface area (Å²) < 4.78 is 32.6. The molecule has 9 heteroatoms. The van der Waals surface area contributed by atoms with E-state index in [4.69, 9.17) is 4.74 Å². The zero-order valence-electron chi connectivity index (χ0n) is 17.2. The lowest BCUT2D eigenvalue weighted by Crippen LogP contribution is -2.43. The van der Waals surface area contributed by atoms with Gasteiger partial charge in [0.15, 0.2) is 6.61 Å². The Morgan fingerprint density at radius 2 is 1.67 bits per heavy atom. The van der Waals surface area contributed by atoms with Gasteiger partial charge in [-0.2, -0.15) is 16.5 Å². The molecule has 0 aromatic heterocycles. The number of benzene rings is 2. The molecule has 2 rings (SSSR count). The van der Waals surface area contributed by atoms with Crippen LogP contribution < -0.4 is 10.0 Å². The van der Waals surface area contributed by atoms with Gasteiger partial charge < -0.3 is 10.1 Å². The summed E-state index contributed by atoms with van der Waals surface area (Å²) in [6.45, 7) is 3.23. The Labute approximate surface area is 181 Å². The largest absolute Gasteiger partial charge is 0.454 e. The average molecular weight is 451 g/mol. The van der Waals surface area contributed by atoms with E-state index < -0.39 is 34.5 Å². The fourth-order valence-electron chi connectivity index (χ4n) is 2.74. The van der Waals surface area contributed by atoms with E-state index in [2.05, 4.69) is 10.0 Å². The number of carbonyl (C=O) groups is 2. The highest BCUT2D eigenvalue weighted by Gasteiger charge is 2.27. The minimum Gasteiger partial charge on any atom is -0.454 e. The van der Waals surface area contributed by atoms with E-state index in [0.29, 0.717) is 11.4 Å². The first kappa shape index (κ1) is 23.9. The van der Waals surface area contributed by atoms with Crippen molar-refractivity contribution in [1.82, 2.24) is 4.72 Å². The molecular weight excluding hydrogens is 424 g/mol. The third kappa shape index (κ3) is 6.86. The Morgan fingerprint density at radius 3 is 2.27 bits per heavy atom. The number of hydrogen-bond acceptors (Lipinski definition) is 6. The minimum atomic E-state index is -3.89. The number of nitrogens with one attached hydrogen (secondary N) is 2. The number of aryl methyl sites for hydroxylation is 2. The van der Waals surface area contributed by atoms with E-state index in [1.54, 1.807) is 18.2 Å². The van der Waals surface area contributed by atoms with Crippen LogP contribution in [-0.4, -0.2) is 45.0 Å². The molecule has 1 amide bonds. The average Bonchev–Trinajstić information content (AvgIpc) is 2.72. The number of ether oxygens (including phenoxy) is 1. The summed E-state index contributed by atoms with van der Waals surface area (Å²) in [5.41, 5.74) is 2.45. The summed E-state index contributed by atoms with van der Waals surface area (Å²) in [4.78, 5) is 24.8. The molecule has 2 aromatic carbocycles. The quantitative estimate of drug-likeness (QED) is 0.540. The lowest BCUT2D eigenvalue weighted by molar-refractivity contribution is -0.149. The van der Waals surface area contributed by atoms with Crippen LogP contribution in [0.5, 0.6) is 0 Å². The second-order valence-electron chi connectivity index (χ2n) is 6.69. The van der Waals surface area contributed by atoms with Crippen LogP contribution in [0, 0.1) is 13.8 Å². The monoisotopic (exact) mass is 450 g/mol. The lowest BCUT2D eigenvalue weighted by atomic mass is 10.1. The number of amides is 1. The first-order valence-electron chi connectivity index (χ1n) is 9.33. The summed E-state index contributed by atoms with van der Waals surface area (Å²) in [6.07, 6.45) is 2.09. The molecule has 0 aliphatic carbocycles. The van der Waals surface area contributed by atoms with Crippen LogP contribution in [-0.2, 0) is 24.3 Å². The number of hydrogen-bond donors (Lipinski definition) is 2. The molecule has 7 nitrogen and oxygen atoms in total. The number of esters is 1. The van der Waals surface area contributed by atoms with E-state index in [-0.39, 0.29) is 11.3 Å². The van der Waals surface area contributed by atoms with Crippen molar-refractivity contribution in [1.29, 1.82) is 0 Å². The molecule has 0 radical (unpaired) electrons. The molecule has 2 N–H and O–H groups in total. The maximum atomic E-state index is 12.6. The lowest BCUT2D eigenvalue weighted by Gasteiger charge is -2.18. The van der Waals surface area contributed by atoms with Crippen LogP contribution in [0.2, 0.25) is 0 Å². The molecule has 0 aliphatic rings. The molecule has 0 saturated heterocycles. The number of carbonyl (C=O) groups excluding carboxylic acids is 2. The first-order valence-corrected chi connectivity index (χ1v) is 12.2. The van der Waals surface area contributed by atoms with Crippen LogP contribution in [0.4, 0.5) is 5.69 Å². The molecule has 0 aliphatic heterocycles. The van der Waals surface area contributed by atoms with Crippen LogP contribution in [0.15, 0.2) is 53.4 Å². The Kier molecular flexibility index (Phi) is 8.88. The predicted octanol–water partition coefficient (Wildman–Crippen LogP) is 2.89. The fraction of sp³-hybridized carbons (Fsp3) is 0.333. The van der Waals surface area contributed by atoms with Crippen LogP contribution in [0.3, 0.4) is 0 Å². The molecule has 0 spiro atoms. The maximum Gasteiger partial charge on any atom is 0.324 e. The van der Waals surface area contributed by atoms with Crippen molar-refractivity contribution in [2.45, 2.75) is 31.2 Å². The van der Waals surface area contributed by atoms with E-state index in [0.717, 1.165) is 11.1 Å². The highest BCUT2D eigenvalue weighted by atomic mass is 32.2. The normalized spacial score (nSPS) is 12.2. The van der Waals surface area contributed by atoms with Gasteiger partial charge >= 0.3 is 5.97 Å². The summed E-state index contributed by atoms with van der Waals surface area (Å²) >= 11 is 1.48. The molecule has 0 heterocycles. The Morgan fingerprint density at radius 1 is 1.03 bits per heavy atom. The van der Waals surface area contributed by atoms with Crippen LogP contribution in [0.25, 0.3) is 0 Å². The van der Waals surface area contributed by atoms with Gasteiger partial charge in [0.2, 0.25) is 10.0 Å². The van der Waals surface area contributed by atoms with Crippen molar-refractivity contribution in [2.24, 2.45) is 0 Å². The van der Waals surface area contributed by atoms with Crippen molar-refractivity contribution in [2.75, 3.05) is 23.9 Å². The minimum absolute atomic E-state index is 0.0553. The smallest absolute Gasteiger partial charge is 0.324 e. The summed E-state index contributed by atoms with van der Waals surface area (Å²) in [5.74, 6) is -0.735. The van der Waals surface area contributed by atoms with E-state index in [1.165, 1.54) is 23.9 Å². The van der Waals surface area contributed by atoms with Crippen molar-refractivity contribution in [3.05, 3.63) is 59.7 Å². The predicted molar refractivity (Wildman–Crippen MR) is 119 cm³/mol. The summed E-state index contributed by atoms with van der Waals surface area (Å²) in [7, 11) is -3.89. The number of thioether (sulfide) groups is 1. The fourth-order valence-corrected chi connectivity index (χ4v) is 4.45. The van der Waals surface area contributed by atoms with E-state index in [1.807, 2.05) is 38.3 Å². The van der Waals surface area contributed by atoms with Gasteiger partial charge in [0, 0.05) is 5.69 Å². The number of rotatable bonds is 10. The van der Waals surface area contributed by atoms with Crippen molar-refractivity contribution >= 4 is 39.3 Å². The number of anilines is 1. The van der Waals surface area contributed by atoms with Gasteiger partial charge in [0.25, 0.3) is 5.91 Å². The second-order valence-corrected chi connectivity index (χ2v) is 9.39. The molecule has 0 bridgehead atoms. The van der Waals surface area contributed by atoms with Gasteiger partial charge in [-0.3, -0.25) is 9.59 Å². The SMILES string of the molecule is CSCC[C@@H](NS(=O)(=O)c1ccccc1)C(=O)OCC(=O)Nc1c(C)cccc1C. The molecule has 0 unspecified atom stereocenters. The Hall–Kier alpha value is -2.36. The maximum absolute atomic E-state index is 12.6. The van der Waals surface area contributed by atoms with Crippen molar-refractivity contribution in [3.63, 3.8) is 0 Å². The first-order chi connectivity index (χ1) is 14.2. The summed E-state index contributed by atoms with van der Waals surface area (Å²) in [5, 5.41) is 2.73. The second kappa shape index (κ2) is 11.1. The van der Waals surface area contributed by atoms with E-state index in [9.17, 15) is 18.0 Å².